The Morgan fingerprint density at radius 3 is 2.50 bits per heavy atom. The number of nitriles is 1. The topological polar surface area (TPSA) is 88.9 Å². The van der Waals surface area contributed by atoms with E-state index in [2.05, 4.69) is 32.0 Å². The molecule has 0 radical (unpaired) electrons. The van der Waals surface area contributed by atoms with E-state index >= 15 is 0 Å². The molecule has 2 heterocycles. The Morgan fingerprint density at radius 1 is 1.07 bits per heavy atom. The van der Waals surface area contributed by atoms with Crippen molar-refractivity contribution in [3.63, 3.8) is 0 Å². The number of piperidine rings is 1. The third-order valence-electron chi connectivity index (χ3n) is 10.5. The molecule has 1 aromatic carbocycles. The number of aromatic nitrogens is 2. The Morgan fingerprint density at radius 2 is 1.81 bits per heavy atom. The Bertz CT molecular complexity index is 1240. The van der Waals surface area contributed by atoms with E-state index in [4.69, 9.17) is 11.6 Å². The highest BCUT2D eigenvalue weighted by atomic mass is 35.5. The third kappa shape index (κ3) is 6.36. The third-order valence-corrected chi connectivity index (χ3v) is 10.9. The largest absolute Gasteiger partial charge is 0.368 e. The van der Waals surface area contributed by atoms with Crippen molar-refractivity contribution in [2.45, 2.75) is 63.6 Å². The van der Waals surface area contributed by atoms with Gasteiger partial charge in [0.05, 0.1) is 12.2 Å². The normalized spacial score (nSPS) is 29.1. The van der Waals surface area contributed by atoms with Crippen molar-refractivity contribution in [2.24, 2.45) is 29.1 Å². The van der Waals surface area contributed by atoms with Gasteiger partial charge >= 0.3 is 0 Å². The highest BCUT2D eigenvalue weighted by Gasteiger charge is 2.55. The number of benzene rings is 1. The van der Waals surface area contributed by atoms with Gasteiger partial charge in [-0.1, -0.05) is 29.8 Å². The fraction of sp³-hybridized carbons (Fsp3) is 0.656. The number of hydrogen-bond donors (Lipinski definition) is 3. The fourth-order valence-corrected chi connectivity index (χ4v) is 8.78. The highest BCUT2D eigenvalue weighted by molar-refractivity contribution is 6.31. The number of alkyl halides is 2. The van der Waals surface area contributed by atoms with Gasteiger partial charge in [-0.3, -0.25) is 4.90 Å². The smallest absolute Gasteiger partial charge is 0.224 e. The van der Waals surface area contributed by atoms with Gasteiger partial charge in [0.2, 0.25) is 5.95 Å². The Balaban J connectivity index is 1.04. The lowest BCUT2D eigenvalue weighted by Crippen LogP contribution is -2.60. The van der Waals surface area contributed by atoms with Crippen molar-refractivity contribution < 1.29 is 8.78 Å². The summed E-state index contributed by atoms with van der Waals surface area (Å²) in [5.41, 5.74) is 1.65. The molecule has 0 spiro atoms. The molecule has 42 heavy (non-hydrogen) atoms. The molecule has 1 aliphatic heterocycles. The van der Waals surface area contributed by atoms with Crippen LogP contribution in [-0.2, 0) is 6.54 Å². The van der Waals surface area contributed by atoms with Crippen molar-refractivity contribution in [1.29, 1.82) is 5.26 Å². The molecular weight excluding hydrogens is 556 g/mol. The predicted molar refractivity (Wildman–Crippen MR) is 162 cm³/mol. The number of nitrogens with zero attached hydrogens (tertiary/aromatic N) is 4. The van der Waals surface area contributed by atoms with Crippen LogP contribution in [0.3, 0.4) is 0 Å². The van der Waals surface area contributed by atoms with Gasteiger partial charge in [0.25, 0.3) is 0 Å². The second-order valence-corrected chi connectivity index (χ2v) is 13.6. The van der Waals surface area contributed by atoms with Gasteiger partial charge < -0.3 is 16.0 Å². The maximum Gasteiger partial charge on any atom is 0.224 e. The van der Waals surface area contributed by atoms with Gasteiger partial charge in [0.15, 0.2) is 0 Å². The second kappa shape index (κ2) is 13.0. The first kappa shape index (κ1) is 29.5. The van der Waals surface area contributed by atoms with Crippen LogP contribution in [0.1, 0.15) is 56.1 Å². The van der Waals surface area contributed by atoms with Crippen LogP contribution in [0, 0.1) is 40.4 Å². The van der Waals surface area contributed by atoms with Crippen LogP contribution < -0.4 is 16.0 Å². The van der Waals surface area contributed by atoms with Crippen molar-refractivity contribution in [2.75, 3.05) is 50.2 Å². The van der Waals surface area contributed by atoms with Crippen LogP contribution in [0.25, 0.3) is 0 Å². The predicted octanol–water partition coefficient (Wildman–Crippen LogP) is 5.83. The minimum Gasteiger partial charge on any atom is -0.368 e. The Hall–Kier alpha value is -2.54. The zero-order valence-electron chi connectivity index (χ0n) is 24.2. The molecule has 7 nitrogen and oxygen atoms in total. The van der Waals surface area contributed by atoms with E-state index in [-0.39, 0.29) is 5.41 Å². The molecule has 0 amide bonds. The Kier molecular flexibility index (Phi) is 9.13. The lowest BCUT2D eigenvalue weighted by atomic mass is 9.48. The average Bonchev–Trinajstić information content (AvgIpc) is 3.00. The standard InChI is InChI=1S/C32H42ClF2N7/c33-28-4-2-1-3-23(28)18-38-31-39-19-26(16-36)30(41-31)40-20-32-11-22-9-24(12-32)29(25(10-22)13-32)37-17-21-5-7-42(8-6-21)27(14-34)15-35/h1-4,19,21-22,24-25,27,29,37H,5-15,17-18,20H2,(H2,38,39,40,41)/t22?,24-,25+,29?,32?. The summed E-state index contributed by atoms with van der Waals surface area (Å²) in [6.45, 7) is 2.73. The van der Waals surface area contributed by atoms with E-state index in [9.17, 15) is 14.0 Å². The summed E-state index contributed by atoms with van der Waals surface area (Å²) in [7, 11) is 0. The van der Waals surface area contributed by atoms with Gasteiger partial charge in [-0.2, -0.15) is 10.2 Å². The van der Waals surface area contributed by atoms with Crippen LogP contribution in [-0.4, -0.2) is 66.5 Å². The SMILES string of the molecule is N#Cc1cnc(NCc2ccccc2Cl)nc1NCC12CC3C[C@H](C1)C(NCC1CCN(C(CF)CF)CC1)[C@@H](C3)C2. The first-order valence-corrected chi connectivity index (χ1v) is 15.9. The number of anilines is 2. The maximum absolute atomic E-state index is 13.1. The molecular formula is C32H42ClF2N7. The van der Waals surface area contributed by atoms with Crippen molar-refractivity contribution in [3.8, 4) is 6.07 Å². The molecule has 2 aromatic rings. The molecule has 226 valence electrons. The zero-order chi connectivity index (χ0) is 29.1. The number of likely N-dealkylation sites (tertiary alicyclic amines) is 1. The molecule has 5 fully saturated rings. The minimum atomic E-state index is -0.598. The quantitative estimate of drug-likeness (QED) is 0.284. The van der Waals surface area contributed by atoms with Crippen LogP contribution >= 0.6 is 11.6 Å². The van der Waals surface area contributed by atoms with Crippen molar-refractivity contribution >= 4 is 23.4 Å². The fourth-order valence-electron chi connectivity index (χ4n) is 8.57. The highest BCUT2D eigenvalue weighted by Crippen LogP contribution is 2.60. The van der Waals surface area contributed by atoms with Crippen molar-refractivity contribution in [3.05, 3.63) is 46.6 Å². The van der Waals surface area contributed by atoms with Gasteiger partial charge in [-0.05, 0) is 105 Å². The van der Waals surface area contributed by atoms with E-state index < -0.39 is 19.4 Å². The molecule has 10 heteroatoms. The summed E-state index contributed by atoms with van der Waals surface area (Å²) in [6.07, 6.45) is 9.85. The molecule has 7 rings (SSSR count). The van der Waals surface area contributed by atoms with E-state index in [1.807, 2.05) is 29.2 Å². The summed E-state index contributed by atoms with van der Waals surface area (Å²) in [4.78, 5) is 11.0. The van der Waals surface area contributed by atoms with E-state index in [0.717, 1.165) is 50.5 Å². The minimum absolute atomic E-state index is 0.233. The summed E-state index contributed by atoms with van der Waals surface area (Å²) in [5.74, 6) is 3.77. The maximum atomic E-state index is 13.1. The Labute approximate surface area is 252 Å². The van der Waals surface area contributed by atoms with Gasteiger partial charge in [-0.25, -0.2) is 13.8 Å². The lowest BCUT2D eigenvalue weighted by Gasteiger charge is -2.60. The number of nitrogens with one attached hydrogen (secondary N) is 3. The first-order chi connectivity index (χ1) is 20.5. The second-order valence-electron chi connectivity index (χ2n) is 13.2. The van der Waals surface area contributed by atoms with Crippen LogP contribution in [0.2, 0.25) is 5.02 Å². The molecule has 1 aromatic heterocycles. The number of halogens is 3. The van der Waals surface area contributed by atoms with Gasteiger partial charge in [0.1, 0.15) is 30.8 Å². The summed E-state index contributed by atoms with van der Waals surface area (Å²) in [6, 6.07) is 9.93. The van der Waals surface area contributed by atoms with Crippen molar-refractivity contribution in [1.82, 2.24) is 20.2 Å². The van der Waals surface area contributed by atoms with Crippen LogP contribution in [0.4, 0.5) is 20.5 Å². The molecule has 4 bridgehead atoms. The lowest BCUT2D eigenvalue weighted by molar-refractivity contribution is -0.0705. The molecule has 3 N–H and O–H groups in total. The van der Waals surface area contributed by atoms with Crippen LogP contribution in [0.15, 0.2) is 30.5 Å². The molecule has 5 atom stereocenters. The molecule has 4 saturated carbocycles. The van der Waals surface area contributed by atoms with E-state index in [1.165, 1.54) is 32.1 Å². The number of hydrogen-bond acceptors (Lipinski definition) is 7. The molecule has 1 saturated heterocycles. The summed E-state index contributed by atoms with van der Waals surface area (Å²) >= 11 is 6.30. The number of rotatable bonds is 12. The molecule has 4 aliphatic carbocycles. The van der Waals surface area contributed by atoms with Gasteiger partial charge in [-0.15, -0.1) is 0 Å². The molecule has 5 aliphatic rings. The van der Waals surface area contributed by atoms with E-state index in [0.29, 0.717) is 52.7 Å². The zero-order valence-corrected chi connectivity index (χ0v) is 24.9. The van der Waals surface area contributed by atoms with Crippen LogP contribution in [0.5, 0.6) is 0 Å². The first-order valence-electron chi connectivity index (χ1n) is 15.6. The summed E-state index contributed by atoms with van der Waals surface area (Å²) < 4.78 is 26.2. The monoisotopic (exact) mass is 597 g/mol. The van der Waals surface area contributed by atoms with Gasteiger partial charge in [0, 0.05) is 24.2 Å². The van der Waals surface area contributed by atoms with E-state index in [1.54, 1.807) is 6.20 Å². The molecule has 3 unspecified atom stereocenters. The summed E-state index contributed by atoms with van der Waals surface area (Å²) in [5, 5.41) is 21.2. The average molecular weight is 598 g/mol.